The van der Waals surface area contributed by atoms with E-state index < -0.39 is 0 Å². The summed E-state index contributed by atoms with van der Waals surface area (Å²) in [7, 11) is 1.66. The van der Waals surface area contributed by atoms with Crippen molar-refractivity contribution in [3.05, 3.63) is 59.1 Å². The van der Waals surface area contributed by atoms with Gasteiger partial charge in [-0.05, 0) is 35.9 Å². The summed E-state index contributed by atoms with van der Waals surface area (Å²) in [5.74, 6) is 0.811. The van der Waals surface area contributed by atoms with Crippen LogP contribution in [0.4, 0.5) is 0 Å². The Balaban J connectivity index is 1.69. The smallest absolute Gasteiger partial charge is 0.246 e. The van der Waals surface area contributed by atoms with Crippen LogP contribution in [0, 0.1) is 0 Å². The van der Waals surface area contributed by atoms with Crippen LogP contribution < -0.4 is 4.74 Å². The minimum atomic E-state index is -0.0168. The number of hydrogen-bond acceptors (Lipinski definition) is 4. The summed E-state index contributed by atoms with van der Waals surface area (Å²) in [5, 5.41) is 0.607. The topological polar surface area (TPSA) is 38.8 Å². The van der Waals surface area contributed by atoms with E-state index in [9.17, 15) is 4.79 Å². The van der Waals surface area contributed by atoms with E-state index in [1.54, 1.807) is 35.9 Å². The number of morpholine rings is 1. The molecule has 0 aromatic heterocycles. The van der Waals surface area contributed by atoms with Crippen LogP contribution in [0.15, 0.2) is 58.3 Å². The maximum atomic E-state index is 12.2. The van der Waals surface area contributed by atoms with Crippen molar-refractivity contribution in [3.63, 3.8) is 0 Å². The lowest BCUT2D eigenvalue weighted by molar-refractivity contribution is -0.129. The van der Waals surface area contributed by atoms with E-state index in [1.165, 1.54) is 0 Å². The van der Waals surface area contributed by atoms with Crippen molar-refractivity contribution < 1.29 is 14.3 Å². The Hall–Kier alpha value is -1.95. The number of hydrogen-bond donors (Lipinski definition) is 0. The van der Waals surface area contributed by atoms with Crippen molar-refractivity contribution in [1.82, 2.24) is 4.90 Å². The second-order valence-electron chi connectivity index (χ2n) is 5.71. The van der Waals surface area contributed by atoms with Crippen molar-refractivity contribution in [3.8, 4) is 5.75 Å². The molecule has 0 atom stereocenters. The fourth-order valence-corrected chi connectivity index (χ4v) is 3.86. The minimum absolute atomic E-state index is 0.0168. The van der Waals surface area contributed by atoms with Crippen molar-refractivity contribution in [2.45, 2.75) is 9.79 Å². The van der Waals surface area contributed by atoms with E-state index in [4.69, 9.17) is 21.1 Å². The second-order valence-corrected chi connectivity index (χ2v) is 7.23. The van der Waals surface area contributed by atoms with E-state index in [2.05, 4.69) is 0 Å². The molecule has 0 spiro atoms. The molecule has 0 N–H and O–H groups in total. The highest BCUT2D eigenvalue weighted by atomic mass is 35.5. The van der Waals surface area contributed by atoms with Gasteiger partial charge in [0, 0.05) is 29.1 Å². The molecule has 0 saturated carbocycles. The lowest BCUT2D eigenvalue weighted by atomic mass is 10.2. The molecule has 2 aromatic rings. The van der Waals surface area contributed by atoms with E-state index in [0.717, 1.165) is 21.1 Å². The van der Waals surface area contributed by atoms with Gasteiger partial charge in [0.15, 0.2) is 0 Å². The van der Waals surface area contributed by atoms with Gasteiger partial charge in [-0.25, -0.2) is 0 Å². The quantitative estimate of drug-likeness (QED) is 0.712. The Morgan fingerprint density at radius 3 is 2.73 bits per heavy atom. The number of nitrogens with zero attached hydrogens (tertiary/aromatic N) is 1. The maximum absolute atomic E-state index is 12.2. The highest BCUT2D eigenvalue weighted by Crippen LogP contribution is 2.36. The predicted octanol–water partition coefficient (Wildman–Crippen LogP) is 4.37. The van der Waals surface area contributed by atoms with Crippen molar-refractivity contribution in [2.24, 2.45) is 0 Å². The first-order valence-corrected chi connectivity index (χ1v) is 9.52. The van der Waals surface area contributed by atoms with Crippen LogP contribution in [-0.4, -0.2) is 44.2 Å². The minimum Gasteiger partial charge on any atom is -0.496 e. The number of carbonyl (C=O) groups excluding carboxylic acids is 1. The molecule has 2 aromatic carbocycles. The van der Waals surface area contributed by atoms with Crippen LogP contribution >= 0.6 is 23.4 Å². The molecule has 136 valence electrons. The van der Waals surface area contributed by atoms with Gasteiger partial charge < -0.3 is 14.4 Å². The highest BCUT2D eigenvalue weighted by Gasteiger charge is 2.14. The fourth-order valence-electron chi connectivity index (χ4n) is 2.59. The number of rotatable bonds is 5. The third kappa shape index (κ3) is 4.81. The van der Waals surface area contributed by atoms with Crippen LogP contribution in [0.2, 0.25) is 5.02 Å². The largest absolute Gasteiger partial charge is 0.496 e. The molecule has 6 heteroatoms. The van der Waals surface area contributed by atoms with E-state index >= 15 is 0 Å². The van der Waals surface area contributed by atoms with E-state index in [-0.39, 0.29) is 5.91 Å². The number of ether oxygens (including phenoxy) is 2. The molecule has 3 rings (SSSR count). The summed E-state index contributed by atoms with van der Waals surface area (Å²) in [6, 6.07) is 13.7. The van der Waals surface area contributed by atoms with Crippen LogP contribution in [0.25, 0.3) is 6.08 Å². The van der Waals surface area contributed by atoms with Gasteiger partial charge >= 0.3 is 0 Å². The van der Waals surface area contributed by atoms with Gasteiger partial charge in [-0.3, -0.25) is 4.79 Å². The summed E-state index contributed by atoms with van der Waals surface area (Å²) >= 11 is 7.98. The third-order valence-corrected chi connectivity index (χ3v) is 5.37. The molecular formula is C20H20ClNO3S. The summed E-state index contributed by atoms with van der Waals surface area (Å²) < 4.78 is 10.6. The lowest BCUT2D eigenvalue weighted by Gasteiger charge is -2.25. The summed E-state index contributed by atoms with van der Waals surface area (Å²) in [5.41, 5.74) is 0.817. The average molecular weight is 390 g/mol. The van der Waals surface area contributed by atoms with Gasteiger partial charge in [-0.1, -0.05) is 41.6 Å². The number of carbonyl (C=O) groups is 1. The third-order valence-electron chi connectivity index (χ3n) is 4.00. The van der Waals surface area contributed by atoms with Gasteiger partial charge in [-0.15, -0.1) is 0 Å². The summed E-state index contributed by atoms with van der Waals surface area (Å²) in [4.78, 5) is 16.0. The molecule has 26 heavy (non-hydrogen) atoms. The normalized spacial score (nSPS) is 14.6. The van der Waals surface area contributed by atoms with E-state index in [0.29, 0.717) is 31.3 Å². The first-order valence-electron chi connectivity index (χ1n) is 8.32. The molecule has 0 unspecified atom stereocenters. The first kappa shape index (κ1) is 18.8. The number of benzene rings is 2. The van der Waals surface area contributed by atoms with Crippen molar-refractivity contribution in [2.75, 3.05) is 33.4 Å². The Bertz CT molecular complexity index is 803. The fraction of sp³-hybridized carbons (Fsp3) is 0.250. The highest BCUT2D eigenvalue weighted by molar-refractivity contribution is 7.99. The molecule has 0 radical (unpaired) electrons. The molecule has 1 amide bonds. The van der Waals surface area contributed by atoms with Crippen LogP contribution in [0.5, 0.6) is 5.75 Å². The molecule has 0 aliphatic carbocycles. The number of methoxy groups -OCH3 is 1. The molecule has 1 fully saturated rings. The van der Waals surface area contributed by atoms with E-state index in [1.807, 2.05) is 42.5 Å². The molecule has 1 aliphatic rings. The number of halogens is 1. The molecular weight excluding hydrogens is 370 g/mol. The Morgan fingerprint density at radius 2 is 2.00 bits per heavy atom. The van der Waals surface area contributed by atoms with Crippen LogP contribution in [0.1, 0.15) is 5.56 Å². The Morgan fingerprint density at radius 1 is 1.23 bits per heavy atom. The zero-order valence-electron chi connectivity index (χ0n) is 14.5. The summed E-state index contributed by atoms with van der Waals surface area (Å²) in [6.45, 7) is 2.45. The monoisotopic (exact) mass is 389 g/mol. The van der Waals surface area contributed by atoms with Gasteiger partial charge in [0.1, 0.15) is 5.75 Å². The SMILES string of the molecule is COc1ccccc1Sc1ccc(/C=C/C(=O)N2CCOCC2)c(Cl)c1. The molecule has 0 bridgehead atoms. The van der Waals surface area contributed by atoms with Gasteiger partial charge in [0.05, 0.1) is 25.2 Å². The molecule has 1 heterocycles. The Labute approximate surface area is 162 Å². The zero-order valence-corrected chi connectivity index (χ0v) is 16.1. The molecule has 1 aliphatic heterocycles. The van der Waals surface area contributed by atoms with Gasteiger partial charge in [0.25, 0.3) is 0 Å². The first-order chi connectivity index (χ1) is 12.7. The van der Waals surface area contributed by atoms with Crippen LogP contribution in [0.3, 0.4) is 0 Å². The lowest BCUT2D eigenvalue weighted by Crippen LogP contribution is -2.39. The van der Waals surface area contributed by atoms with Gasteiger partial charge in [0.2, 0.25) is 5.91 Å². The summed E-state index contributed by atoms with van der Waals surface area (Å²) in [6.07, 6.45) is 3.33. The van der Waals surface area contributed by atoms with Crippen molar-refractivity contribution in [1.29, 1.82) is 0 Å². The molecule has 4 nitrogen and oxygen atoms in total. The number of para-hydroxylation sites is 1. The van der Waals surface area contributed by atoms with Gasteiger partial charge in [-0.2, -0.15) is 0 Å². The average Bonchev–Trinajstić information content (AvgIpc) is 2.68. The zero-order chi connectivity index (χ0) is 18.4. The second kappa shape index (κ2) is 9.12. The Kier molecular flexibility index (Phi) is 6.61. The number of amides is 1. The molecule has 1 saturated heterocycles. The maximum Gasteiger partial charge on any atom is 0.246 e. The predicted molar refractivity (Wildman–Crippen MR) is 105 cm³/mol. The van der Waals surface area contributed by atoms with Crippen LogP contribution in [-0.2, 0) is 9.53 Å². The van der Waals surface area contributed by atoms with Crippen molar-refractivity contribution >= 4 is 35.3 Å². The standard InChI is InChI=1S/C20H20ClNO3S/c1-24-18-4-2-3-5-19(18)26-16-8-6-15(17(21)14-16)7-9-20(23)22-10-12-25-13-11-22/h2-9,14H,10-13H2,1H3/b9-7+.